The van der Waals surface area contributed by atoms with E-state index in [1.54, 1.807) is 10.5 Å². The third-order valence-electron chi connectivity index (χ3n) is 3.33. The van der Waals surface area contributed by atoms with Crippen molar-refractivity contribution in [2.45, 2.75) is 20.0 Å². The molecule has 0 N–H and O–H groups in total. The Morgan fingerprint density at radius 1 is 1.27 bits per heavy atom. The van der Waals surface area contributed by atoms with Crippen molar-refractivity contribution in [1.29, 1.82) is 0 Å². The van der Waals surface area contributed by atoms with Crippen molar-refractivity contribution < 1.29 is 0 Å². The van der Waals surface area contributed by atoms with Crippen molar-refractivity contribution >= 4 is 27.9 Å². The van der Waals surface area contributed by atoms with Gasteiger partial charge in [0.2, 0.25) is 0 Å². The van der Waals surface area contributed by atoms with Crippen LogP contribution in [0.4, 0.5) is 0 Å². The Hall–Kier alpha value is -1.69. The molecule has 2 heterocycles. The molecule has 0 aliphatic heterocycles. The molecule has 0 amide bonds. The lowest BCUT2D eigenvalue weighted by Crippen LogP contribution is -2.21. The Morgan fingerprint density at radius 2 is 2.00 bits per heavy atom. The second-order valence-corrected chi connectivity index (χ2v) is 7.03. The molecule has 0 aliphatic rings. The molecule has 0 unspecified atom stereocenters. The highest BCUT2D eigenvalue weighted by molar-refractivity contribution is 7.16. The zero-order valence-corrected chi connectivity index (χ0v) is 14.0. The van der Waals surface area contributed by atoms with Gasteiger partial charge in [0.25, 0.3) is 5.56 Å². The highest BCUT2D eigenvalue weighted by Gasteiger charge is 2.08. The topological polar surface area (TPSA) is 37.6 Å². The van der Waals surface area contributed by atoms with E-state index in [4.69, 9.17) is 11.6 Å². The minimum Gasteiger partial charge on any atom is -0.296 e. The quantitative estimate of drug-likeness (QED) is 0.735. The van der Waals surface area contributed by atoms with Crippen molar-refractivity contribution in [1.82, 2.24) is 14.3 Å². The van der Waals surface area contributed by atoms with Crippen LogP contribution in [0.1, 0.15) is 16.1 Å². The van der Waals surface area contributed by atoms with E-state index < -0.39 is 0 Å². The summed E-state index contributed by atoms with van der Waals surface area (Å²) >= 11 is 7.43. The first kappa shape index (κ1) is 15.2. The van der Waals surface area contributed by atoms with Gasteiger partial charge in [-0.3, -0.25) is 14.1 Å². The molecule has 4 nitrogen and oxygen atoms in total. The van der Waals surface area contributed by atoms with Crippen LogP contribution in [0, 0.1) is 6.92 Å². The molecule has 0 saturated carbocycles. The van der Waals surface area contributed by atoms with Gasteiger partial charge in [-0.2, -0.15) is 0 Å². The van der Waals surface area contributed by atoms with Gasteiger partial charge in [0.1, 0.15) is 0 Å². The van der Waals surface area contributed by atoms with Gasteiger partial charge < -0.3 is 0 Å². The maximum absolute atomic E-state index is 12.1. The molecule has 0 fully saturated rings. The number of aromatic nitrogens is 2. The van der Waals surface area contributed by atoms with E-state index in [2.05, 4.69) is 9.88 Å². The van der Waals surface area contributed by atoms with E-state index in [1.165, 1.54) is 16.9 Å². The van der Waals surface area contributed by atoms with Crippen LogP contribution < -0.4 is 5.56 Å². The fourth-order valence-corrected chi connectivity index (χ4v) is 3.35. The first-order valence-corrected chi connectivity index (χ1v) is 8.12. The fourth-order valence-electron chi connectivity index (χ4n) is 2.37. The second kappa shape index (κ2) is 6.20. The number of hydrogen-bond donors (Lipinski definition) is 0. The van der Waals surface area contributed by atoms with Crippen LogP contribution in [-0.2, 0) is 13.1 Å². The van der Waals surface area contributed by atoms with E-state index in [0.717, 1.165) is 27.1 Å². The van der Waals surface area contributed by atoms with Crippen molar-refractivity contribution in [2.24, 2.45) is 0 Å². The number of nitrogens with zero attached hydrogens (tertiary/aromatic N) is 3. The van der Waals surface area contributed by atoms with Gasteiger partial charge >= 0.3 is 0 Å². The Morgan fingerprint density at radius 3 is 2.73 bits per heavy atom. The summed E-state index contributed by atoms with van der Waals surface area (Å²) in [5.41, 5.74) is 1.95. The maximum atomic E-state index is 12.1. The van der Waals surface area contributed by atoms with Crippen molar-refractivity contribution in [3.63, 3.8) is 0 Å². The number of fused-ring (bicyclic) bond motifs is 1. The van der Waals surface area contributed by atoms with Crippen molar-refractivity contribution in [3.8, 4) is 0 Å². The zero-order valence-electron chi connectivity index (χ0n) is 12.4. The molecule has 22 heavy (non-hydrogen) atoms. The third kappa shape index (κ3) is 3.38. The van der Waals surface area contributed by atoms with E-state index in [-0.39, 0.29) is 5.56 Å². The van der Waals surface area contributed by atoms with Gasteiger partial charge in [0.15, 0.2) is 4.96 Å². The normalized spacial score (nSPS) is 11.5. The van der Waals surface area contributed by atoms with Crippen LogP contribution in [-0.4, -0.2) is 21.3 Å². The van der Waals surface area contributed by atoms with Crippen LogP contribution in [0.25, 0.3) is 4.96 Å². The first-order valence-electron chi connectivity index (χ1n) is 6.93. The van der Waals surface area contributed by atoms with E-state index >= 15 is 0 Å². The van der Waals surface area contributed by atoms with Crippen molar-refractivity contribution in [2.75, 3.05) is 7.05 Å². The van der Waals surface area contributed by atoms with Crippen molar-refractivity contribution in [3.05, 3.63) is 68.0 Å². The highest BCUT2D eigenvalue weighted by atomic mass is 35.5. The van der Waals surface area contributed by atoms with Gasteiger partial charge in [-0.05, 0) is 31.7 Å². The van der Waals surface area contributed by atoms with Crippen LogP contribution in [0.15, 0.2) is 41.3 Å². The smallest absolute Gasteiger partial charge is 0.258 e. The Balaban J connectivity index is 1.77. The summed E-state index contributed by atoms with van der Waals surface area (Å²) in [6.07, 6.45) is 1.83. The van der Waals surface area contributed by atoms with Gasteiger partial charge in [0, 0.05) is 35.3 Å². The van der Waals surface area contributed by atoms with E-state index in [9.17, 15) is 4.79 Å². The maximum Gasteiger partial charge on any atom is 0.258 e. The lowest BCUT2D eigenvalue weighted by molar-refractivity contribution is 0.315. The standard InChI is InChI=1S/C16H16ClN3OS/c1-11-8-20-15(21)7-14(18-16(20)22-11)10-19(2)9-12-3-5-13(17)6-4-12/h3-8H,9-10H2,1-2H3. The minimum atomic E-state index is -0.0238. The fraction of sp³-hybridized carbons (Fsp3) is 0.250. The third-order valence-corrected chi connectivity index (χ3v) is 4.48. The molecule has 0 atom stereocenters. The number of hydrogen-bond acceptors (Lipinski definition) is 4. The molecule has 0 aliphatic carbocycles. The summed E-state index contributed by atoms with van der Waals surface area (Å²) in [5, 5.41) is 0.736. The number of aryl methyl sites for hydroxylation is 1. The van der Waals surface area contributed by atoms with E-state index in [0.29, 0.717) is 6.54 Å². The summed E-state index contributed by atoms with van der Waals surface area (Å²) in [5.74, 6) is 0. The lowest BCUT2D eigenvalue weighted by Gasteiger charge is -2.16. The zero-order chi connectivity index (χ0) is 15.7. The average molecular weight is 334 g/mol. The van der Waals surface area contributed by atoms with Gasteiger partial charge in [0.05, 0.1) is 5.69 Å². The Bertz CT molecular complexity index is 854. The first-order chi connectivity index (χ1) is 10.5. The number of thiazole rings is 1. The van der Waals surface area contributed by atoms with E-state index in [1.807, 2.05) is 44.4 Å². The molecule has 114 valence electrons. The SMILES string of the molecule is Cc1cn2c(=O)cc(CN(C)Cc3ccc(Cl)cc3)nc2s1. The Labute approximate surface area is 137 Å². The summed E-state index contributed by atoms with van der Waals surface area (Å²) in [4.78, 5) is 20.6. The molecule has 0 bridgehead atoms. The molecule has 0 saturated heterocycles. The molecular formula is C16H16ClN3OS. The predicted molar refractivity (Wildman–Crippen MR) is 90.7 cm³/mol. The van der Waals surface area contributed by atoms with Gasteiger partial charge in [-0.25, -0.2) is 4.98 Å². The largest absolute Gasteiger partial charge is 0.296 e. The molecule has 0 spiro atoms. The lowest BCUT2D eigenvalue weighted by atomic mass is 10.2. The van der Waals surface area contributed by atoms with Crippen LogP contribution in [0.3, 0.4) is 0 Å². The summed E-state index contributed by atoms with van der Waals surface area (Å²) in [6.45, 7) is 3.39. The average Bonchev–Trinajstić information content (AvgIpc) is 2.82. The second-order valence-electron chi connectivity index (χ2n) is 5.38. The number of benzene rings is 1. The number of halogens is 1. The van der Waals surface area contributed by atoms with Crippen LogP contribution in [0.2, 0.25) is 5.02 Å². The molecule has 3 aromatic rings. The molecular weight excluding hydrogens is 318 g/mol. The molecule has 1 aromatic carbocycles. The summed E-state index contributed by atoms with van der Waals surface area (Å²) in [7, 11) is 2.01. The molecule has 6 heteroatoms. The highest BCUT2D eigenvalue weighted by Crippen LogP contribution is 2.15. The monoisotopic (exact) mass is 333 g/mol. The minimum absolute atomic E-state index is 0.0238. The molecule has 0 radical (unpaired) electrons. The summed E-state index contributed by atoms with van der Waals surface area (Å²) in [6, 6.07) is 9.39. The molecule has 3 rings (SSSR count). The van der Waals surface area contributed by atoms with Gasteiger partial charge in [-0.15, -0.1) is 11.3 Å². The predicted octanol–water partition coefficient (Wildman–Crippen LogP) is 3.35. The Kier molecular flexibility index (Phi) is 4.29. The van der Waals surface area contributed by atoms with Crippen LogP contribution >= 0.6 is 22.9 Å². The molecule has 2 aromatic heterocycles. The van der Waals surface area contributed by atoms with Crippen LogP contribution in [0.5, 0.6) is 0 Å². The van der Waals surface area contributed by atoms with Gasteiger partial charge in [-0.1, -0.05) is 23.7 Å². The number of rotatable bonds is 4. The summed E-state index contributed by atoms with van der Waals surface area (Å²) < 4.78 is 1.60.